The quantitative estimate of drug-likeness (QED) is 0.703. The van der Waals surface area contributed by atoms with Crippen LogP contribution in [0, 0.1) is 26.7 Å². The molecule has 0 aliphatic carbocycles. The Morgan fingerprint density at radius 3 is 2.52 bits per heavy atom. The van der Waals surface area contributed by atoms with Crippen LogP contribution in [0.5, 0.6) is 0 Å². The summed E-state index contributed by atoms with van der Waals surface area (Å²) in [5.41, 5.74) is 4.33. The van der Waals surface area contributed by atoms with Crippen LogP contribution in [-0.4, -0.2) is 23.0 Å². The molecule has 1 N–H and O–H groups in total. The van der Waals surface area contributed by atoms with Crippen LogP contribution in [0.25, 0.3) is 11.2 Å². The number of aromatic nitrogens is 3. The van der Waals surface area contributed by atoms with E-state index >= 15 is 0 Å². The summed E-state index contributed by atoms with van der Waals surface area (Å²) in [6.45, 7) is 10.8. The molecule has 0 saturated carbocycles. The predicted octanol–water partition coefficient (Wildman–Crippen LogP) is 3.49. The van der Waals surface area contributed by atoms with Gasteiger partial charge in [-0.25, -0.2) is 23.1 Å². The number of nitrogens with one attached hydrogen (secondary N) is 1. The molecule has 0 aliphatic rings. The normalized spacial score (nSPS) is 12.2. The van der Waals surface area contributed by atoms with E-state index in [4.69, 9.17) is 0 Å². The Morgan fingerprint density at radius 2 is 1.81 bits per heavy atom. The average Bonchev–Trinajstić information content (AvgIpc) is 2.93. The first-order valence-electron chi connectivity index (χ1n) is 9.06. The van der Waals surface area contributed by atoms with Crippen LogP contribution >= 0.6 is 0 Å². The Bertz CT molecular complexity index is 1080. The highest BCUT2D eigenvalue weighted by molar-refractivity contribution is 7.89. The summed E-state index contributed by atoms with van der Waals surface area (Å²) in [7, 11) is -3.63. The van der Waals surface area contributed by atoms with E-state index in [1.807, 2.05) is 43.5 Å². The summed E-state index contributed by atoms with van der Waals surface area (Å²) >= 11 is 0. The first-order valence-corrected chi connectivity index (χ1v) is 10.5. The SMILES string of the molecule is Cc1cc(C)c(S(=O)(=O)NCc2nc3cccnc3n2CC(C)C)cc1C. The largest absolute Gasteiger partial charge is 0.311 e. The second kappa shape index (κ2) is 7.40. The third-order valence-corrected chi connectivity index (χ3v) is 6.17. The van der Waals surface area contributed by atoms with E-state index in [2.05, 4.69) is 28.5 Å². The smallest absolute Gasteiger partial charge is 0.241 e. The Morgan fingerprint density at radius 1 is 1.11 bits per heavy atom. The lowest BCUT2D eigenvalue weighted by molar-refractivity contribution is 0.510. The van der Waals surface area contributed by atoms with Gasteiger partial charge in [0.05, 0.1) is 11.4 Å². The highest BCUT2D eigenvalue weighted by Crippen LogP contribution is 2.21. The molecule has 2 aromatic heterocycles. The van der Waals surface area contributed by atoms with E-state index in [0.717, 1.165) is 34.4 Å². The van der Waals surface area contributed by atoms with E-state index in [1.54, 1.807) is 12.3 Å². The number of fused-ring (bicyclic) bond motifs is 1. The first kappa shape index (κ1) is 19.5. The second-order valence-electron chi connectivity index (χ2n) is 7.41. The summed E-state index contributed by atoms with van der Waals surface area (Å²) in [5, 5.41) is 0. The van der Waals surface area contributed by atoms with E-state index < -0.39 is 10.0 Å². The van der Waals surface area contributed by atoms with Gasteiger partial charge in [-0.1, -0.05) is 19.9 Å². The van der Waals surface area contributed by atoms with Gasteiger partial charge in [-0.2, -0.15) is 0 Å². The standard InChI is InChI=1S/C20H26N4O2S/c1-13(2)12-24-19(23-17-7-6-8-21-20(17)24)11-22-27(25,26)18-10-15(4)14(3)9-16(18)5/h6-10,13,22H,11-12H2,1-5H3. The third-order valence-electron chi connectivity index (χ3n) is 4.63. The zero-order valence-electron chi connectivity index (χ0n) is 16.4. The van der Waals surface area contributed by atoms with Crippen molar-refractivity contribution in [2.24, 2.45) is 5.92 Å². The third kappa shape index (κ3) is 4.04. The van der Waals surface area contributed by atoms with Crippen molar-refractivity contribution in [1.29, 1.82) is 0 Å². The molecule has 0 saturated heterocycles. The lowest BCUT2D eigenvalue weighted by Crippen LogP contribution is -2.26. The fourth-order valence-corrected chi connectivity index (χ4v) is 4.45. The molecule has 144 valence electrons. The van der Waals surface area contributed by atoms with E-state index in [0.29, 0.717) is 16.6 Å². The monoisotopic (exact) mass is 386 g/mol. The fraction of sp³-hybridized carbons (Fsp3) is 0.400. The highest BCUT2D eigenvalue weighted by atomic mass is 32.2. The molecule has 3 rings (SSSR count). The minimum atomic E-state index is -3.63. The summed E-state index contributed by atoms with van der Waals surface area (Å²) in [6, 6.07) is 7.36. The van der Waals surface area contributed by atoms with Gasteiger partial charge in [-0.05, 0) is 61.6 Å². The predicted molar refractivity (Wildman–Crippen MR) is 107 cm³/mol. The number of imidazole rings is 1. The molecule has 0 atom stereocenters. The number of hydrogen-bond acceptors (Lipinski definition) is 4. The lowest BCUT2D eigenvalue weighted by Gasteiger charge is -2.14. The molecule has 0 fully saturated rings. The van der Waals surface area contributed by atoms with Gasteiger partial charge >= 0.3 is 0 Å². The topological polar surface area (TPSA) is 76.9 Å². The van der Waals surface area contributed by atoms with Crippen molar-refractivity contribution >= 4 is 21.2 Å². The van der Waals surface area contributed by atoms with Crippen LogP contribution in [0.1, 0.15) is 36.4 Å². The lowest BCUT2D eigenvalue weighted by atomic mass is 10.1. The van der Waals surface area contributed by atoms with Crippen molar-refractivity contribution in [3.8, 4) is 0 Å². The minimum Gasteiger partial charge on any atom is -0.311 e. The number of benzene rings is 1. The van der Waals surface area contributed by atoms with Crippen LogP contribution in [-0.2, 0) is 23.1 Å². The maximum atomic E-state index is 12.9. The summed E-state index contributed by atoms with van der Waals surface area (Å²) in [5.74, 6) is 1.06. The number of nitrogens with zero attached hydrogens (tertiary/aromatic N) is 3. The summed E-state index contributed by atoms with van der Waals surface area (Å²) in [6.07, 6.45) is 1.73. The summed E-state index contributed by atoms with van der Waals surface area (Å²) in [4.78, 5) is 9.32. The Balaban J connectivity index is 1.93. The van der Waals surface area contributed by atoms with Crippen molar-refractivity contribution in [3.05, 3.63) is 53.0 Å². The molecule has 0 radical (unpaired) electrons. The van der Waals surface area contributed by atoms with Gasteiger partial charge in [0.2, 0.25) is 10.0 Å². The Kier molecular flexibility index (Phi) is 5.35. The number of sulfonamides is 1. The van der Waals surface area contributed by atoms with Crippen LogP contribution < -0.4 is 4.72 Å². The molecule has 0 aliphatic heterocycles. The number of pyridine rings is 1. The maximum Gasteiger partial charge on any atom is 0.241 e. The van der Waals surface area contributed by atoms with Gasteiger partial charge < -0.3 is 4.57 Å². The molecule has 27 heavy (non-hydrogen) atoms. The molecule has 0 spiro atoms. The fourth-order valence-electron chi connectivity index (χ4n) is 3.16. The first-order chi connectivity index (χ1) is 12.7. The molecule has 2 heterocycles. The van der Waals surface area contributed by atoms with Crippen LogP contribution in [0.4, 0.5) is 0 Å². The van der Waals surface area contributed by atoms with E-state index in [1.165, 1.54) is 0 Å². The molecular formula is C20H26N4O2S. The molecule has 0 amide bonds. The van der Waals surface area contributed by atoms with Crippen molar-refractivity contribution in [2.75, 3.05) is 0 Å². The zero-order chi connectivity index (χ0) is 19.8. The second-order valence-corrected chi connectivity index (χ2v) is 9.14. The van der Waals surface area contributed by atoms with Gasteiger partial charge in [0.15, 0.2) is 5.65 Å². The minimum absolute atomic E-state index is 0.123. The van der Waals surface area contributed by atoms with Crippen LogP contribution in [0.2, 0.25) is 0 Å². The Hall–Kier alpha value is -2.25. The van der Waals surface area contributed by atoms with Crippen molar-refractivity contribution in [3.63, 3.8) is 0 Å². The molecule has 3 aromatic rings. The number of hydrogen-bond donors (Lipinski definition) is 1. The van der Waals surface area contributed by atoms with Gasteiger partial charge in [0, 0.05) is 12.7 Å². The van der Waals surface area contributed by atoms with Crippen molar-refractivity contribution < 1.29 is 8.42 Å². The molecule has 6 nitrogen and oxygen atoms in total. The van der Waals surface area contributed by atoms with Gasteiger partial charge in [0.25, 0.3) is 0 Å². The highest BCUT2D eigenvalue weighted by Gasteiger charge is 2.20. The van der Waals surface area contributed by atoms with E-state index in [-0.39, 0.29) is 6.54 Å². The molecular weight excluding hydrogens is 360 g/mol. The molecule has 1 aromatic carbocycles. The molecule has 0 bridgehead atoms. The van der Waals surface area contributed by atoms with Crippen molar-refractivity contribution in [2.45, 2.75) is 52.6 Å². The summed E-state index contributed by atoms with van der Waals surface area (Å²) < 4.78 is 30.5. The zero-order valence-corrected chi connectivity index (χ0v) is 17.3. The number of aryl methyl sites for hydroxylation is 3. The van der Waals surface area contributed by atoms with Gasteiger partial charge in [-0.15, -0.1) is 0 Å². The van der Waals surface area contributed by atoms with Gasteiger partial charge in [-0.3, -0.25) is 0 Å². The average molecular weight is 387 g/mol. The number of rotatable bonds is 6. The molecule has 7 heteroatoms. The van der Waals surface area contributed by atoms with Crippen LogP contribution in [0.3, 0.4) is 0 Å². The van der Waals surface area contributed by atoms with Gasteiger partial charge in [0.1, 0.15) is 11.3 Å². The van der Waals surface area contributed by atoms with E-state index in [9.17, 15) is 8.42 Å². The molecule has 0 unspecified atom stereocenters. The maximum absolute atomic E-state index is 12.9. The van der Waals surface area contributed by atoms with Crippen molar-refractivity contribution in [1.82, 2.24) is 19.3 Å². The Labute approximate surface area is 160 Å². The van der Waals surface area contributed by atoms with Crippen LogP contribution in [0.15, 0.2) is 35.4 Å².